The molecule has 1 amide bonds. The van der Waals surface area contributed by atoms with Gasteiger partial charge in [-0.25, -0.2) is 18.5 Å². The maximum absolute atomic E-state index is 12.1. The highest BCUT2D eigenvalue weighted by atomic mass is 32.2. The van der Waals surface area contributed by atoms with Gasteiger partial charge in [0, 0.05) is 13.1 Å². The van der Waals surface area contributed by atoms with Gasteiger partial charge in [0.2, 0.25) is 10.0 Å². The van der Waals surface area contributed by atoms with Crippen molar-refractivity contribution in [3.8, 4) is 0 Å². The van der Waals surface area contributed by atoms with E-state index in [1.54, 1.807) is 24.4 Å². The third kappa shape index (κ3) is 6.99. The monoisotopic (exact) mass is 390 g/mol. The first-order valence-electron chi connectivity index (χ1n) is 9.00. The molecule has 0 spiro atoms. The van der Waals surface area contributed by atoms with Crippen molar-refractivity contribution in [2.75, 3.05) is 18.4 Å². The summed E-state index contributed by atoms with van der Waals surface area (Å²) < 4.78 is 22.5. The average Bonchev–Trinajstić information content (AvgIpc) is 2.65. The normalized spacial score (nSPS) is 11.2. The fraction of sp³-hybridized carbons (Fsp3) is 0.368. The number of hydrogen-bond acceptors (Lipinski definition) is 5. The topological polar surface area (TPSA) is 114 Å². The first-order valence-corrected chi connectivity index (χ1v) is 10.5. The largest absolute Gasteiger partial charge is 0.384 e. The number of pyridine rings is 1. The number of benzene rings is 1. The van der Waals surface area contributed by atoms with Crippen LogP contribution in [0.15, 0.2) is 47.5 Å². The smallest absolute Gasteiger partial charge is 0.269 e. The molecule has 1 aromatic carbocycles. The summed E-state index contributed by atoms with van der Waals surface area (Å²) in [4.78, 5) is 16.4. The lowest BCUT2D eigenvalue weighted by Gasteiger charge is -2.08. The highest BCUT2D eigenvalue weighted by Crippen LogP contribution is 2.09. The van der Waals surface area contributed by atoms with Crippen molar-refractivity contribution in [3.63, 3.8) is 0 Å². The summed E-state index contributed by atoms with van der Waals surface area (Å²) in [6.45, 7) is 3.48. The minimum Gasteiger partial charge on any atom is -0.384 e. The molecule has 2 rings (SSSR count). The number of hydrogen-bond donors (Lipinski definition) is 3. The van der Waals surface area contributed by atoms with E-state index in [0.717, 1.165) is 24.2 Å². The maximum Gasteiger partial charge on any atom is 0.269 e. The van der Waals surface area contributed by atoms with Gasteiger partial charge < -0.3 is 10.6 Å². The van der Waals surface area contributed by atoms with E-state index < -0.39 is 10.0 Å². The summed E-state index contributed by atoms with van der Waals surface area (Å²) in [5, 5.41) is 11.2. The Balaban J connectivity index is 1.78. The highest BCUT2D eigenvalue weighted by Gasteiger charge is 2.08. The van der Waals surface area contributed by atoms with Crippen LogP contribution in [-0.2, 0) is 16.4 Å². The summed E-state index contributed by atoms with van der Waals surface area (Å²) in [6.07, 6.45) is 5.71. The Labute approximate surface area is 160 Å². The van der Waals surface area contributed by atoms with Crippen molar-refractivity contribution < 1.29 is 13.2 Å². The van der Waals surface area contributed by atoms with Crippen molar-refractivity contribution in [2.24, 2.45) is 5.14 Å². The molecule has 0 radical (unpaired) electrons. The van der Waals surface area contributed by atoms with Gasteiger partial charge in [-0.2, -0.15) is 0 Å². The minimum atomic E-state index is -3.69. The quantitative estimate of drug-likeness (QED) is 0.539. The lowest BCUT2D eigenvalue weighted by atomic mass is 10.1. The third-order valence-electron chi connectivity index (χ3n) is 4.06. The van der Waals surface area contributed by atoms with Crippen LogP contribution in [0, 0.1) is 0 Å². The standard InChI is InChI=1S/C19H26N4O3S/c1-2-3-4-12-21-16-7-10-18(23-14-16)19(24)22-13-11-15-5-8-17(9-6-15)27(20,25)26/h5-10,14,21H,2-4,11-13H2,1H3,(H,22,24)(H2,20,25,26). The number of nitrogens with one attached hydrogen (secondary N) is 2. The zero-order valence-electron chi connectivity index (χ0n) is 15.4. The van der Waals surface area contributed by atoms with Gasteiger partial charge in [0.05, 0.1) is 16.8 Å². The summed E-state index contributed by atoms with van der Waals surface area (Å²) in [6, 6.07) is 9.82. The zero-order chi connectivity index (χ0) is 19.7. The molecule has 0 saturated carbocycles. The van der Waals surface area contributed by atoms with Crippen LogP contribution in [-0.4, -0.2) is 32.4 Å². The van der Waals surface area contributed by atoms with Crippen LogP contribution in [0.2, 0.25) is 0 Å². The fourth-order valence-corrected chi connectivity index (χ4v) is 3.01. The molecule has 146 valence electrons. The molecule has 1 heterocycles. The van der Waals surface area contributed by atoms with Crippen molar-refractivity contribution in [3.05, 3.63) is 53.9 Å². The van der Waals surface area contributed by atoms with Gasteiger partial charge in [0.15, 0.2) is 0 Å². The van der Waals surface area contributed by atoms with Crippen molar-refractivity contribution in [1.29, 1.82) is 0 Å². The second-order valence-electron chi connectivity index (χ2n) is 6.26. The van der Waals surface area contributed by atoms with Gasteiger partial charge in [-0.3, -0.25) is 4.79 Å². The number of anilines is 1. The van der Waals surface area contributed by atoms with E-state index >= 15 is 0 Å². The zero-order valence-corrected chi connectivity index (χ0v) is 16.3. The highest BCUT2D eigenvalue weighted by molar-refractivity contribution is 7.89. The Morgan fingerprint density at radius 3 is 2.41 bits per heavy atom. The van der Waals surface area contributed by atoms with Crippen LogP contribution in [0.3, 0.4) is 0 Å². The molecular weight excluding hydrogens is 364 g/mol. The van der Waals surface area contributed by atoms with E-state index in [0.29, 0.717) is 18.7 Å². The number of nitrogens with zero attached hydrogens (tertiary/aromatic N) is 1. The Bertz CT molecular complexity index is 834. The summed E-state index contributed by atoms with van der Waals surface area (Å²) in [5.74, 6) is -0.242. The number of nitrogens with two attached hydrogens (primary N) is 1. The second-order valence-corrected chi connectivity index (χ2v) is 7.82. The van der Waals surface area contributed by atoms with E-state index in [9.17, 15) is 13.2 Å². The van der Waals surface area contributed by atoms with Crippen LogP contribution < -0.4 is 15.8 Å². The van der Waals surface area contributed by atoms with Gasteiger partial charge in [-0.1, -0.05) is 31.9 Å². The van der Waals surface area contributed by atoms with E-state index in [2.05, 4.69) is 22.5 Å². The van der Waals surface area contributed by atoms with Crippen molar-refractivity contribution in [2.45, 2.75) is 37.5 Å². The Morgan fingerprint density at radius 1 is 1.07 bits per heavy atom. The van der Waals surface area contributed by atoms with E-state index in [-0.39, 0.29) is 10.8 Å². The van der Waals surface area contributed by atoms with E-state index in [4.69, 9.17) is 5.14 Å². The number of rotatable bonds is 10. The number of unbranched alkanes of at least 4 members (excludes halogenated alkanes) is 2. The third-order valence-corrected chi connectivity index (χ3v) is 4.99. The van der Waals surface area contributed by atoms with Crippen LogP contribution in [0.1, 0.15) is 42.2 Å². The molecular formula is C19H26N4O3S. The molecule has 7 nitrogen and oxygen atoms in total. The fourth-order valence-electron chi connectivity index (χ4n) is 2.50. The molecule has 2 aromatic rings. The van der Waals surface area contributed by atoms with Crippen LogP contribution >= 0.6 is 0 Å². The molecule has 0 saturated heterocycles. The van der Waals surface area contributed by atoms with Gasteiger partial charge in [0.1, 0.15) is 5.69 Å². The number of amides is 1. The molecule has 1 aromatic heterocycles. The predicted molar refractivity (Wildman–Crippen MR) is 106 cm³/mol. The predicted octanol–water partition coefficient (Wildman–Crippen LogP) is 2.30. The first kappa shape index (κ1) is 20.9. The molecule has 4 N–H and O–H groups in total. The van der Waals surface area contributed by atoms with Crippen LogP contribution in [0.5, 0.6) is 0 Å². The maximum atomic E-state index is 12.1. The number of sulfonamides is 1. The molecule has 0 bridgehead atoms. The van der Waals surface area contributed by atoms with Crippen LogP contribution in [0.25, 0.3) is 0 Å². The summed E-state index contributed by atoms with van der Waals surface area (Å²) in [5.41, 5.74) is 2.17. The molecule has 0 unspecified atom stereocenters. The summed E-state index contributed by atoms with van der Waals surface area (Å²) in [7, 11) is -3.69. The Morgan fingerprint density at radius 2 is 1.81 bits per heavy atom. The minimum absolute atomic E-state index is 0.0721. The summed E-state index contributed by atoms with van der Waals surface area (Å²) >= 11 is 0. The second kappa shape index (κ2) is 10.0. The number of aromatic nitrogens is 1. The number of carbonyl (C=O) groups excluding carboxylic acids is 1. The molecule has 0 fully saturated rings. The van der Waals surface area contributed by atoms with Crippen LogP contribution in [0.4, 0.5) is 5.69 Å². The Hall–Kier alpha value is -2.45. The lowest BCUT2D eigenvalue weighted by molar-refractivity contribution is 0.0949. The van der Waals surface area contributed by atoms with E-state index in [1.807, 2.05) is 6.07 Å². The van der Waals surface area contributed by atoms with Gasteiger partial charge >= 0.3 is 0 Å². The molecule has 27 heavy (non-hydrogen) atoms. The molecule has 0 aliphatic rings. The first-order chi connectivity index (χ1) is 12.9. The van der Waals surface area contributed by atoms with Gasteiger partial charge in [-0.05, 0) is 42.7 Å². The Kier molecular flexibility index (Phi) is 7.75. The van der Waals surface area contributed by atoms with Crippen molar-refractivity contribution >= 4 is 21.6 Å². The van der Waals surface area contributed by atoms with E-state index in [1.165, 1.54) is 25.0 Å². The average molecular weight is 391 g/mol. The molecule has 0 atom stereocenters. The molecule has 0 aliphatic heterocycles. The van der Waals surface area contributed by atoms with Gasteiger partial charge in [-0.15, -0.1) is 0 Å². The van der Waals surface area contributed by atoms with Crippen molar-refractivity contribution in [1.82, 2.24) is 10.3 Å². The molecule has 0 aliphatic carbocycles. The number of primary sulfonamides is 1. The SMILES string of the molecule is CCCCCNc1ccc(C(=O)NCCc2ccc(S(N)(=O)=O)cc2)nc1. The lowest BCUT2D eigenvalue weighted by Crippen LogP contribution is -2.26. The number of carbonyl (C=O) groups is 1. The van der Waals surface area contributed by atoms with Gasteiger partial charge in [0.25, 0.3) is 5.91 Å². The molecule has 8 heteroatoms.